The zero-order valence-corrected chi connectivity index (χ0v) is 9.68. The quantitative estimate of drug-likeness (QED) is 0.756. The van der Waals surface area contributed by atoms with Gasteiger partial charge in [0, 0.05) is 22.9 Å². The van der Waals surface area contributed by atoms with Crippen molar-refractivity contribution in [2.45, 2.75) is 6.92 Å². The van der Waals surface area contributed by atoms with Crippen molar-refractivity contribution in [2.75, 3.05) is 7.11 Å². The summed E-state index contributed by atoms with van der Waals surface area (Å²) in [5, 5.41) is 0. The predicted molar refractivity (Wildman–Crippen MR) is 64.1 cm³/mol. The molecular weight excluding hydrogens is 216 g/mol. The molecule has 0 N–H and O–H groups in total. The molecule has 0 unspecified atom stereocenters. The van der Waals surface area contributed by atoms with E-state index in [1.54, 1.807) is 25.3 Å². The van der Waals surface area contributed by atoms with Crippen molar-refractivity contribution < 1.29 is 9.53 Å². The maximum absolute atomic E-state index is 10.6. The molecule has 0 atom stereocenters. The summed E-state index contributed by atoms with van der Waals surface area (Å²) in [6.07, 6.45) is 0.807. The lowest BCUT2D eigenvalue weighted by Gasteiger charge is -2.04. The third kappa shape index (κ3) is 2.47. The minimum atomic E-state index is 0.534. The lowest BCUT2D eigenvalue weighted by atomic mass is 10.1. The number of hydrogen-bond acceptors (Lipinski definition) is 4. The van der Waals surface area contributed by atoms with Gasteiger partial charge in [-0.15, -0.1) is 0 Å². The average molecular weight is 228 g/mol. The fourth-order valence-electron chi connectivity index (χ4n) is 1.48. The number of nitrogens with zero attached hydrogens (tertiary/aromatic N) is 2. The Morgan fingerprint density at radius 3 is 2.47 bits per heavy atom. The summed E-state index contributed by atoms with van der Waals surface area (Å²) in [7, 11) is 1.57. The number of aromatic nitrogens is 2. The Labute approximate surface area is 99.3 Å². The van der Waals surface area contributed by atoms with Crippen LogP contribution in [-0.2, 0) is 0 Å². The van der Waals surface area contributed by atoms with Gasteiger partial charge >= 0.3 is 0 Å². The maximum Gasteiger partial charge on any atom is 0.216 e. The van der Waals surface area contributed by atoms with E-state index in [0.29, 0.717) is 17.3 Å². The molecular formula is C13H12N2O2. The SMILES string of the molecule is COc1cc(C)nc(-c2ccc(C=O)cc2)n1. The highest BCUT2D eigenvalue weighted by Gasteiger charge is 2.05. The summed E-state index contributed by atoms with van der Waals surface area (Å²) in [6, 6.07) is 8.88. The van der Waals surface area contributed by atoms with E-state index in [4.69, 9.17) is 4.74 Å². The van der Waals surface area contributed by atoms with Crippen LogP contribution in [0.1, 0.15) is 16.1 Å². The Balaban J connectivity index is 2.44. The van der Waals surface area contributed by atoms with Gasteiger partial charge in [-0.05, 0) is 6.92 Å². The minimum absolute atomic E-state index is 0.534. The summed E-state index contributed by atoms with van der Waals surface area (Å²) in [5.41, 5.74) is 2.33. The molecule has 17 heavy (non-hydrogen) atoms. The fraction of sp³-hybridized carbons (Fsp3) is 0.154. The van der Waals surface area contributed by atoms with E-state index in [2.05, 4.69) is 9.97 Å². The van der Waals surface area contributed by atoms with Crippen molar-refractivity contribution in [2.24, 2.45) is 0 Å². The zero-order valence-electron chi connectivity index (χ0n) is 9.68. The van der Waals surface area contributed by atoms with Crippen LogP contribution in [0.3, 0.4) is 0 Å². The number of carbonyl (C=O) groups is 1. The molecule has 0 fully saturated rings. The first-order valence-electron chi connectivity index (χ1n) is 5.18. The first-order valence-corrected chi connectivity index (χ1v) is 5.18. The van der Waals surface area contributed by atoms with E-state index in [1.807, 2.05) is 19.1 Å². The van der Waals surface area contributed by atoms with Gasteiger partial charge in [-0.3, -0.25) is 4.79 Å². The molecule has 4 nitrogen and oxygen atoms in total. The van der Waals surface area contributed by atoms with Crippen LogP contribution in [0, 0.1) is 6.92 Å². The molecule has 0 radical (unpaired) electrons. The average Bonchev–Trinajstić information content (AvgIpc) is 2.38. The fourth-order valence-corrected chi connectivity index (χ4v) is 1.48. The highest BCUT2D eigenvalue weighted by molar-refractivity contribution is 5.76. The summed E-state index contributed by atoms with van der Waals surface area (Å²) < 4.78 is 5.09. The van der Waals surface area contributed by atoms with Gasteiger partial charge in [-0.1, -0.05) is 24.3 Å². The first kappa shape index (κ1) is 11.3. The van der Waals surface area contributed by atoms with Crippen LogP contribution in [0.5, 0.6) is 5.88 Å². The third-order valence-corrected chi connectivity index (χ3v) is 2.34. The van der Waals surface area contributed by atoms with E-state index in [1.165, 1.54) is 0 Å². The summed E-state index contributed by atoms with van der Waals surface area (Å²) >= 11 is 0. The first-order chi connectivity index (χ1) is 8.22. The van der Waals surface area contributed by atoms with Gasteiger partial charge in [-0.25, -0.2) is 4.98 Å². The summed E-state index contributed by atoms with van der Waals surface area (Å²) in [5.74, 6) is 1.13. The molecule has 0 amide bonds. The minimum Gasteiger partial charge on any atom is -0.481 e. The highest BCUT2D eigenvalue weighted by Crippen LogP contribution is 2.18. The molecule has 4 heteroatoms. The number of carbonyl (C=O) groups excluding carboxylic acids is 1. The molecule has 2 rings (SSSR count). The molecule has 0 aliphatic rings. The number of aryl methyl sites for hydroxylation is 1. The molecule has 0 bridgehead atoms. The van der Waals surface area contributed by atoms with Gasteiger partial charge in [0.25, 0.3) is 0 Å². The number of rotatable bonds is 3. The van der Waals surface area contributed by atoms with E-state index in [0.717, 1.165) is 17.5 Å². The number of ether oxygens (including phenoxy) is 1. The Morgan fingerprint density at radius 2 is 1.88 bits per heavy atom. The van der Waals surface area contributed by atoms with Crippen molar-refractivity contribution >= 4 is 6.29 Å². The van der Waals surface area contributed by atoms with Gasteiger partial charge < -0.3 is 4.74 Å². The van der Waals surface area contributed by atoms with Gasteiger partial charge in [0.05, 0.1) is 7.11 Å². The normalized spacial score (nSPS) is 10.0. The standard InChI is InChI=1S/C13H12N2O2/c1-9-7-12(17-2)15-13(14-9)11-5-3-10(8-16)4-6-11/h3-8H,1-2H3. The zero-order chi connectivity index (χ0) is 12.3. The second kappa shape index (κ2) is 4.74. The molecule has 2 aromatic rings. The van der Waals surface area contributed by atoms with E-state index < -0.39 is 0 Å². The molecule has 0 saturated carbocycles. The van der Waals surface area contributed by atoms with Crippen LogP contribution in [-0.4, -0.2) is 23.4 Å². The largest absolute Gasteiger partial charge is 0.481 e. The lowest BCUT2D eigenvalue weighted by Crippen LogP contribution is -1.96. The van der Waals surface area contributed by atoms with Gasteiger partial charge in [0.1, 0.15) is 6.29 Å². The van der Waals surface area contributed by atoms with Crippen LogP contribution >= 0.6 is 0 Å². The van der Waals surface area contributed by atoms with Gasteiger partial charge in [-0.2, -0.15) is 4.98 Å². The van der Waals surface area contributed by atoms with Crippen LogP contribution in [0.4, 0.5) is 0 Å². The van der Waals surface area contributed by atoms with Gasteiger partial charge in [0.15, 0.2) is 5.82 Å². The number of methoxy groups -OCH3 is 1. The maximum atomic E-state index is 10.6. The second-order valence-electron chi connectivity index (χ2n) is 3.62. The monoisotopic (exact) mass is 228 g/mol. The second-order valence-corrected chi connectivity index (χ2v) is 3.62. The Bertz CT molecular complexity index is 536. The van der Waals surface area contributed by atoms with Crippen molar-refractivity contribution in [1.29, 1.82) is 0 Å². The Morgan fingerprint density at radius 1 is 1.18 bits per heavy atom. The van der Waals surface area contributed by atoms with Crippen LogP contribution in [0.15, 0.2) is 30.3 Å². The van der Waals surface area contributed by atoms with E-state index in [-0.39, 0.29) is 0 Å². The summed E-state index contributed by atoms with van der Waals surface area (Å²) in [4.78, 5) is 19.1. The Hall–Kier alpha value is -2.23. The van der Waals surface area contributed by atoms with Crippen LogP contribution in [0.2, 0.25) is 0 Å². The third-order valence-electron chi connectivity index (χ3n) is 2.34. The molecule has 1 aromatic heterocycles. The number of benzene rings is 1. The molecule has 86 valence electrons. The van der Waals surface area contributed by atoms with Crippen molar-refractivity contribution in [3.8, 4) is 17.3 Å². The molecule has 1 heterocycles. The topological polar surface area (TPSA) is 52.1 Å². The van der Waals surface area contributed by atoms with Crippen LogP contribution in [0.25, 0.3) is 11.4 Å². The lowest BCUT2D eigenvalue weighted by molar-refractivity contribution is 0.112. The van der Waals surface area contributed by atoms with Crippen molar-refractivity contribution in [1.82, 2.24) is 9.97 Å². The predicted octanol–water partition coefficient (Wildman–Crippen LogP) is 2.27. The smallest absolute Gasteiger partial charge is 0.216 e. The number of aldehydes is 1. The molecule has 0 aliphatic carbocycles. The van der Waals surface area contributed by atoms with E-state index in [9.17, 15) is 4.79 Å². The van der Waals surface area contributed by atoms with Gasteiger partial charge in [0.2, 0.25) is 5.88 Å². The highest BCUT2D eigenvalue weighted by atomic mass is 16.5. The van der Waals surface area contributed by atoms with Crippen LogP contribution < -0.4 is 4.74 Å². The molecule has 0 saturated heterocycles. The summed E-state index contributed by atoms with van der Waals surface area (Å²) in [6.45, 7) is 1.88. The van der Waals surface area contributed by atoms with Crippen molar-refractivity contribution in [3.63, 3.8) is 0 Å². The Kier molecular flexibility index (Phi) is 3.14. The van der Waals surface area contributed by atoms with E-state index >= 15 is 0 Å². The molecule has 1 aromatic carbocycles. The number of hydrogen-bond donors (Lipinski definition) is 0. The molecule has 0 aliphatic heterocycles. The molecule has 0 spiro atoms. The van der Waals surface area contributed by atoms with Crippen molar-refractivity contribution in [3.05, 3.63) is 41.6 Å².